The lowest BCUT2D eigenvalue weighted by Gasteiger charge is -2.15. The summed E-state index contributed by atoms with van der Waals surface area (Å²) in [5.74, 6) is 2.07. The highest BCUT2D eigenvalue weighted by Crippen LogP contribution is 2.24. The molecule has 4 aromatic rings. The van der Waals surface area contributed by atoms with E-state index in [0.29, 0.717) is 29.9 Å². The zero-order valence-electron chi connectivity index (χ0n) is 17.5. The van der Waals surface area contributed by atoms with Gasteiger partial charge < -0.3 is 9.47 Å². The molecule has 0 bridgehead atoms. The van der Waals surface area contributed by atoms with Gasteiger partial charge >= 0.3 is 0 Å². The lowest BCUT2D eigenvalue weighted by molar-refractivity contribution is 0.296. The van der Waals surface area contributed by atoms with Gasteiger partial charge in [0.2, 0.25) is 0 Å². The first-order valence-corrected chi connectivity index (χ1v) is 10.5. The van der Waals surface area contributed by atoms with Crippen molar-refractivity contribution in [2.45, 2.75) is 19.9 Å². The summed E-state index contributed by atoms with van der Waals surface area (Å²) in [5.41, 5.74) is 2.44. The van der Waals surface area contributed by atoms with Gasteiger partial charge in [-0.05, 0) is 66.6 Å². The molecule has 0 atom stereocenters. The summed E-state index contributed by atoms with van der Waals surface area (Å²) < 4.78 is 12.9. The normalized spacial score (nSPS) is 10.9. The number of hydrogen-bond donors (Lipinski definition) is 0. The van der Waals surface area contributed by atoms with Crippen molar-refractivity contribution in [1.82, 2.24) is 9.55 Å². The van der Waals surface area contributed by atoms with Crippen LogP contribution >= 0.6 is 11.6 Å². The summed E-state index contributed by atoms with van der Waals surface area (Å²) in [5, 5.41) is 1.31. The lowest BCUT2D eigenvalue weighted by Crippen LogP contribution is -2.26. The van der Waals surface area contributed by atoms with E-state index in [2.05, 4.69) is 0 Å². The Morgan fingerprint density at radius 1 is 1.00 bits per heavy atom. The highest BCUT2D eigenvalue weighted by atomic mass is 35.5. The minimum atomic E-state index is -0.0922. The van der Waals surface area contributed by atoms with Crippen molar-refractivity contribution >= 4 is 22.5 Å². The fraction of sp³-hybridized carbons (Fsp3) is 0.200. The van der Waals surface area contributed by atoms with Crippen LogP contribution in [0.2, 0.25) is 5.02 Å². The Kier molecular flexibility index (Phi) is 6.23. The minimum Gasteiger partial charge on any atom is -0.497 e. The van der Waals surface area contributed by atoms with Crippen molar-refractivity contribution in [1.29, 1.82) is 0 Å². The zero-order valence-corrected chi connectivity index (χ0v) is 18.2. The van der Waals surface area contributed by atoms with Crippen LogP contribution in [0.25, 0.3) is 22.3 Å². The van der Waals surface area contributed by atoms with Gasteiger partial charge in [-0.25, -0.2) is 4.98 Å². The van der Waals surface area contributed by atoms with Gasteiger partial charge in [0, 0.05) is 10.6 Å². The number of methoxy groups -OCH3 is 1. The summed E-state index contributed by atoms with van der Waals surface area (Å²) in [6.45, 7) is 2.74. The van der Waals surface area contributed by atoms with Crippen molar-refractivity contribution < 1.29 is 9.47 Å². The quantitative estimate of drug-likeness (QED) is 0.392. The third-order valence-corrected chi connectivity index (χ3v) is 5.56. The SMILES string of the molecule is CCc1cc(OCCn2c(-c3ccc(OC)cc3)nc3ccccc3c2=O)ccc1Cl. The number of rotatable bonds is 7. The molecule has 6 heteroatoms. The highest BCUT2D eigenvalue weighted by Gasteiger charge is 2.13. The second-order valence-electron chi connectivity index (χ2n) is 7.09. The Hall–Kier alpha value is -3.31. The molecular formula is C25H23ClN2O3. The van der Waals surface area contributed by atoms with Crippen molar-refractivity contribution in [2.75, 3.05) is 13.7 Å². The van der Waals surface area contributed by atoms with E-state index in [1.807, 2.05) is 67.6 Å². The van der Waals surface area contributed by atoms with Crippen molar-refractivity contribution in [3.63, 3.8) is 0 Å². The second-order valence-corrected chi connectivity index (χ2v) is 7.50. The molecule has 0 unspecified atom stereocenters. The van der Waals surface area contributed by atoms with Gasteiger partial charge in [0.15, 0.2) is 0 Å². The minimum absolute atomic E-state index is 0.0922. The van der Waals surface area contributed by atoms with E-state index in [1.165, 1.54) is 0 Å². The number of fused-ring (bicyclic) bond motifs is 1. The summed E-state index contributed by atoms with van der Waals surface area (Å²) in [4.78, 5) is 18.0. The third kappa shape index (κ3) is 4.42. The van der Waals surface area contributed by atoms with Crippen molar-refractivity contribution in [3.8, 4) is 22.9 Å². The first-order chi connectivity index (χ1) is 15.1. The molecule has 5 nitrogen and oxygen atoms in total. The van der Waals surface area contributed by atoms with E-state index < -0.39 is 0 Å². The Labute approximate surface area is 185 Å². The van der Waals surface area contributed by atoms with Crippen LogP contribution in [0, 0.1) is 0 Å². The standard InChI is InChI=1S/C25H23ClN2O3/c1-3-17-16-20(12-13-22(17)26)31-15-14-28-24(18-8-10-19(30-2)11-9-18)27-23-7-5-4-6-21(23)25(28)29/h4-13,16H,3,14-15H2,1-2H3. The molecule has 0 aliphatic heterocycles. The van der Waals surface area contributed by atoms with Gasteiger partial charge in [-0.1, -0.05) is 30.7 Å². The monoisotopic (exact) mass is 434 g/mol. The number of ether oxygens (including phenoxy) is 2. The maximum absolute atomic E-state index is 13.3. The molecule has 0 amide bonds. The molecule has 4 rings (SSSR count). The topological polar surface area (TPSA) is 53.4 Å². The number of nitrogens with zero attached hydrogens (tertiary/aromatic N) is 2. The van der Waals surface area contributed by atoms with Gasteiger partial charge in [0.25, 0.3) is 5.56 Å². The fourth-order valence-electron chi connectivity index (χ4n) is 3.50. The average molecular weight is 435 g/mol. The number of hydrogen-bond acceptors (Lipinski definition) is 4. The van der Waals surface area contributed by atoms with Gasteiger partial charge in [-0.15, -0.1) is 0 Å². The van der Waals surface area contributed by atoms with E-state index in [0.717, 1.165) is 34.1 Å². The molecule has 0 radical (unpaired) electrons. The molecule has 0 aliphatic rings. The van der Waals surface area contributed by atoms with Gasteiger partial charge in [0.1, 0.15) is 23.9 Å². The summed E-state index contributed by atoms with van der Waals surface area (Å²) in [7, 11) is 1.62. The van der Waals surface area contributed by atoms with E-state index in [-0.39, 0.29) is 5.56 Å². The summed E-state index contributed by atoms with van der Waals surface area (Å²) in [6.07, 6.45) is 0.825. The van der Waals surface area contributed by atoms with Crippen molar-refractivity contribution in [3.05, 3.63) is 87.7 Å². The molecule has 0 spiro atoms. The van der Waals surface area contributed by atoms with Crippen LogP contribution in [0.5, 0.6) is 11.5 Å². The van der Waals surface area contributed by atoms with Gasteiger partial charge in [0.05, 0.1) is 24.6 Å². The predicted octanol–water partition coefficient (Wildman–Crippen LogP) is 5.37. The van der Waals surface area contributed by atoms with Crippen LogP contribution in [-0.2, 0) is 13.0 Å². The van der Waals surface area contributed by atoms with Crippen LogP contribution in [0.15, 0.2) is 71.5 Å². The van der Waals surface area contributed by atoms with Crippen molar-refractivity contribution in [2.24, 2.45) is 0 Å². The molecule has 0 N–H and O–H groups in total. The maximum atomic E-state index is 13.3. The molecule has 3 aromatic carbocycles. The van der Waals surface area contributed by atoms with E-state index in [1.54, 1.807) is 17.7 Å². The summed E-state index contributed by atoms with van der Waals surface area (Å²) >= 11 is 6.19. The Bertz CT molecular complexity index is 1270. The van der Waals surface area contributed by atoms with Crippen LogP contribution in [0.4, 0.5) is 0 Å². The van der Waals surface area contributed by atoms with E-state index >= 15 is 0 Å². The molecule has 0 saturated carbocycles. The first-order valence-electron chi connectivity index (χ1n) is 10.2. The fourth-order valence-corrected chi connectivity index (χ4v) is 3.75. The number of halogens is 1. The smallest absolute Gasteiger partial charge is 0.261 e. The zero-order chi connectivity index (χ0) is 21.8. The molecule has 0 aliphatic carbocycles. The molecule has 0 saturated heterocycles. The molecular weight excluding hydrogens is 412 g/mol. The average Bonchev–Trinajstić information content (AvgIpc) is 2.81. The Morgan fingerprint density at radius 2 is 1.74 bits per heavy atom. The van der Waals surface area contributed by atoms with Gasteiger partial charge in [-0.2, -0.15) is 0 Å². The Morgan fingerprint density at radius 3 is 2.48 bits per heavy atom. The summed E-state index contributed by atoms with van der Waals surface area (Å²) in [6, 6.07) is 20.5. The number of benzene rings is 3. The third-order valence-electron chi connectivity index (χ3n) is 5.19. The van der Waals surface area contributed by atoms with Crippen LogP contribution in [0.3, 0.4) is 0 Å². The lowest BCUT2D eigenvalue weighted by atomic mass is 10.1. The highest BCUT2D eigenvalue weighted by molar-refractivity contribution is 6.31. The molecule has 158 valence electrons. The van der Waals surface area contributed by atoms with E-state index in [4.69, 9.17) is 26.1 Å². The molecule has 1 heterocycles. The molecule has 0 fully saturated rings. The largest absolute Gasteiger partial charge is 0.497 e. The van der Waals surface area contributed by atoms with Crippen LogP contribution in [0.1, 0.15) is 12.5 Å². The number of aryl methyl sites for hydroxylation is 1. The molecule has 31 heavy (non-hydrogen) atoms. The van der Waals surface area contributed by atoms with Crippen LogP contribution in [-0.4, -0.2) is 23.3 Å². The predicted molar refractivity (Wildman–Crippen MR) is 124 cm³/mol. The second kappa shape index (κ2) is 9.23. The maximum Gasteiger partial charge on any atom is 0.261 e. The molecule has 1 aromatic heterocycles. The van der Waals surface area contributed by atoms with Gasteiger partial charge in [-0.3, -0.25) is 9.36 Å². The van der Waals surface area contributed by atoms with E-state index in [9.17, 15) is 4.79 Å². The van der Waals surface area contributed by atoms with Crippen LogP contribution < -0.4 is 15.0 Å². The Balaban J connectivity index is 1.68. The number of aromatic nitrogens is 2. The number of para-hydroxylation sites is 1. The first kappa shape index (κ1) is 20.9.